The highest BCUT2D eigenvalue weighted by Gasteiger charge is 2.41. The largest absolute Gasteiger partial charge is 0.377 e. The van der Waals surface area contributed by atoms with Crippen molar-refractivity contribution in [2.75, 3.05) is 26.2 Å². The molecule has 3 rings (SSSR count). The molecule has 1 aliphatic carbocycles. The monoisotopic (exact) mass is 294 g/mol. The molecule has 2 unspecified atom stereocenters. The van der Waals surface area contributed by atoms with Gasteiger partial charge in [0.15, 0.2) is 0 Å². The summed E-state index contributed by atoms with van der Waals surface area (Å²) in [5.74, 6) is 0.782. The highest BCUT2D eigenvalue weighted by Crippen LogP contribution is 2.34. The third kappa shape index (κ3) is 4.00. The van der Waals surface area contributed by atoms with Gasteiger partial charge in [0.2, 0.25) is 0 Å². The zero-order chi connectivity index (χ0) is 14.7. The standard InChI is InChI=1S/C18H34N2O/c1-15(2)11-16-12-19-18(8-4-5-9-18)14-20(16)13-17-7-3-6-10-21-17/h15-17,19H,3-14H2,1-2H3. The van der Waals surface area contributed by atoms with Crippen LogP contribution in [0.4, 0.5) is 0 Å². The molecule has 3 heteroatoms. The van der Waals surface area contributed by atoms with Gasteiger partial charge in [-0.2, -0.15) is 0 Å². The van der Waals surface area contributed by atoms with Crippen molar-refractivity contribution < 1.29 is 4.74 Å². The Morgan fingerprint density at radius 2 is 2.00 bits per heavy atom. The van der Waals surface area contributed by atoms with Crippen molar-refractivity contribution in [2.45, 2.75) is 82.9 Å². The van der Waals surface area contributed by atoms with E-state index in [0.29, 0.717) is 17.7 Å². The van der Waals surface area contributed by atoms with Crippen LogP contribution in [0.25, 0.3) is 0 Å². The third-order valence-corrected chi connectivity index (χ3v) is 5.75. The number of nitrogens with one attached hydrogen (secondary N) is 1. The summed E-state index contributed by atoms with van der Waals surface area (Å²) in [5, 5.41) is 3.93. The minimum atomic E-state index is 0.433. The van der Waals surface area contributed by atoms with Gasteiger partial charge in [-0.15, -0.1) is 0 Å². The molecular weight excluding hydrogens is 260 g/mol. The van der Waals surface area contributed by atoms with Crippen molar-refractivity contribution in [3.8, 4) is 0 Å². The van der Waals surface area contributed by atoms with E-state index in [2.05, 4.69) is 24.1 Å². The summed E-state index contributed by atoms with van der Waals surface area (Å²) < 4.78 is 6.02. The van der Waals surface area contributed by atoms with Crippen LogP contribution in [0.15, 0.2) is 0 Å². The van der Waals surface area contributed by atoms with E-state index in [9.17, 15) is 0 Å². The molecule has 3 nitrogen and oxygen atoms in total. The van der Waals surface area contributed by atoms with Crippen LogP contribution in [0, 0.1) is 5.92 Å². The maximum absolute atomic E-state index is 6.02. The van der Waals surface area contributed by atoms with Gasteiger partial charge in [0.25, 0.3) is 0 Å². The highest BCUT2D eigenvalue weighted by atomic mass is 16.5. The Bertz CT molecular complexity index is 319. The van der Waals surface area contributed by atoms with E-state index in [1.807, 2.05) is 0 Å². The second kappa shape index (κ2) is 6.97. The van der Waals surface area contributed by atoms with Gasteiger partial charge in [-0.3, -0.25) is 4.90 Å². The molecule has 0 aromatic rings. The average Bonchev–Trinajstić information content (AvgIpc) is 2.91. The maximum atomic E-state index is 6.02. The second-order valence-corrected chi connectivity index (χ2v) is 8.07. The number of hydrogen-bond acceptors (Lipinski definition) is 3. The van der Waals surface area contributed by atoms with Crippen LogP contribution in [-0.2, 0) is 4.74 Å². The highest BCUT2D eigenvalue weighted by molar-refractivity contribution is 5.01. The van der Waals surface area contributed by atoms with E-state index in [4.69, 9.17) is 4.74 Å². The Hall–Kier alpha value is -0.120. The Labute approximate surface area is 130 Å². The van der Waals surface area contributed by atoms with Crippen molar-refractivity contribution in [1.82, 2.24) is 10.2 Å². The quantitative estimate of drug-likeness (QED) is 0.862. The Kier molecular flexibility index (Phi) is 5.23. The Balaban J connectivity index is 1.63. The molecule has 1 N–H and O–H groups in total. The van der Waals surface area contributed by atoms with Gasteiger partial charge in [-0.05, 0) is 44.4 Å². The number of ether oxygens (including phenoxy) is 1. The molecule has 1 saturated carbocycles. The van der Waals surface area contributed by atoms with Crippen LogP contribution in [0.1, 0.15) is 65.2 Å². The predicted molar refractivity (Wildman–Crippen MR) is 87.6 cm³/mol. The SMILES string of the molecule is CC(C)CC1CNC2(CCCC2)CN1CC1CCCCO1. The van der Waals surface area contributed by atoms with Gasteiger partial charge >= 0.3 is 0 Å². The van der Waals surface area contributed by atoms with Crippen LogP contribution in [0.2, 0.25) is 0 Å². The lowest BCUT2D eigenvalue weighted by Gasteiger charge is -2.48. The second-order valence-electron chi connectivity index (χ2n) is 8.07. The molecule has 3 aliphatic rings. The first-order valence-electron chi connectivity index (χ1n) is 9.28. The summed E-state index contributed by atoms with van der Waals surface area (Å²) in [7, 11) is 0. The van der Waals surface area contributed by atoms with Gasteiger partial charge in [-0.1, -0.05) is 26.7 Å². The van der Waals surface area contributed by atoms with E-state index < -0.39 is 0 Å². The van der Waals surface area contributed by atoms with Crippen LogP contribution < -0.4 is 5.32 Å². The summed E-state index contributed by atoms with van der Waals surface area (Å²) >= 11 is 0. The molecule has 21 heavy (non-hydrogen) atoms. The van der Waals surface area contributed by atoms with Gasteiger partial charge in [0.1, 0.15) is 0 Å². The zero-order valence-electron chi connectivity index (χ0n) is 14.1. The fourth-order valence-corrected chi connectivity index (χ4v) is 4.63. The molecule has 2 aliphatic heterocycles. The van der Waals surface area contributed by atoms with E-state index in [-0.39, 0.29) is 0 Å². The maximum Gasteiger partial charge on any atom is 0.0702 e. The van der Waals surface area contributed by atoms with Crippen molar-refractivity contribution in [2.24, 2.45) is 5.92 Å². The van der Waals surface area contributed by atoms with Gasteiger partial charge in [0, 0.05) is 37.8 Å². The fourth-order valence-electron chi connectivity index (χ4n) is 4.63. The number of rotatable bonds is 4. The lowest BCUT2D eigenvalue weighted by Crippen LogP contribution is -2.64. The van der Waals surface area contributed by atoms with E-state index >= 15 is 0 Å². The normalized spacial score (nSPS) is 33.9. The van der Waals surface area contributed by atoms with E-state index in [1.54, 1.807) is 0 Å². The molecule has 3 fully saturated rings. The van der Waals surface area contributed by atoms with E-state index in [1.165, 1.54) is 71.0 Å². The van der Waals surface area contributed by atoms with E-state index in [0.717, 1.165) is 12.5 Å². The third-order valence-electron chi connectivity index (χ3n) is 5.75. The predicted octanol–water partition coefficient (Wildman–Crippen LogP) is 3.19. The lowest BCUT2D eigenvalue weighted by atomic mass is 9.89. The van der Waals surface area contributed by atoms with Gasteiger partial charge in [0.05, 0.1) is 6.10 Å². The molecule has 1 spiro atoms. The molecule has 2 atom stereocenters. The van der Waals surface area contributed by atoms with Crippen molar-refractivity contribution in [3.63, 3.8) is 0 Å². The average molecular weight is 294 g/mol. The molecule has 0 bridgehead atoms. The first-order valence-corrected chi connectivity index (χ1v) is 9.28. The van der Waals surface area contributed by atoms with Crippen molar-refractivity contribution >= 4 is 0 Å². The van der Waals surface area contributed by atoms with Crippen LogP contribution in [-0.4, -0.2) is 48.8 Å². The summed E-state index contributed by atoms with van der Waals surface area (Å²) in [5.41, 5.74) is 0.433. The molecule has 122 valence electrons. The molecular formula is C18H34N2O. The summed E-state index contributed by atoms with van der Waals surface area (Å²) in [6, 6.07) is 0.710. The first kappa shape index (κ1) is 15.8. The minimum Gasteiger partial charge on any atom is -0.377 e. The molecule has 0 amide bonds. The summed E-state index contributed by atoms with van der Waals surface area (Å²) in [6.45, 7) is 9.30. The molecule has 0 aromatic carbocycles. The molecule has 2 saturated heterocycles. The fraction of sp³-hybridized carbons (Fsp3) is 1.00. The van der Waals surface area contributed by atoms with Crippen LogP contribution in [0.3, 0.4) is 0 Å². The number of nitrogens with zero attached hydrogens (tertiary/aromatic N) is 1. The van der Waals surface area contributed by atoms with Crippen LogP contribution >= 0.6 is 0 Å². The Morgan fingerprint density at radius 1 is 1.19 bits per heavy atom. The Morgan fingerprint density at radius 3 is 2.67 bits per heavy atom. The lowest BCUT2D eigenvalue weighted by molar-refractivity contribution is -0.0319. The smallest absolute Gasteiger partial charge is 0.0702 e. The van der Waals surface area contributed by atoms with Gasteiger partial charge < -0.3 is 10.1 Å². The topological polar surface area (TPSA) is 24.5 Å². The molecule has 0 radical (unpaired) electrons. The zero-order valence-corrected chi connectivity index (χ0v) is 14.1. The van der Waals surface area contributed by atoms with Gasteiger partial charge in [-0.25, -0.2) is 0 Å². The van der Waals surface area contributed by atoms with Crippen LogP contribution in [0.5, 0.6) is 0 Å². The molecule has 0 aromatic heterocycles. The van der Waals surface area contributed by atoms with Crippen molar-refractivity contribution in [1.29, 1.82) is 0 Å². The first-order chi connectivity index (χ1) is 10.2. The summed E-state index contributed by atoms with van der Waals surface area (Å²) in [4.78, 5) is 2.79. The number of piperazine rings is 1. The minimum absolute atomic E-state index is 0.433. The summed E-state index contributed by atoms with van der Waals surface area (Å²) in [6.07, 6.45) is 11.3. The number of hydrogen-bond donors (Lipinski definition) is 1. The molecule has 2 heterocycles. The van der Waals surface area contributed by atoms with Crippen molar-refractivity contribution in [3.05, 3.63) is 0 Å².